The quantitative estimate of drug-likeness (QED) is 0.456. The number of anilines is 1. The lowest BCUT2D eigenvalue weighted by Gasteiger charge is -2.32. The minimum Gasteiger partial charge on any atom is -0.494 e. The highest BCUT2D eigenvalue weighted by Gasteiger charge is 2.37. The molecule has 6 heteroatoms. The minimum atomic E-state index is -0.309. The normalized spacial score (nSPS) is 17.5. The highest BCUT2D eigenvalue weighted by atomic mass is 16.5. The van der Waals surface area contributed by atoms with Crippen molar-refractivity contribution in [2.75, 3.05) is 11.9 Å². The zero-order valence-corrected chi connectivity index (χ0v) is 18.4. The molecule has 2 aliphatic rings. The van der Waals surface area contributed by atoms with Crippen LogP contribution in [-0.4, -0.2) is 27.2 Å². The van der Waals surface area contributed by atoms with Gasteiger partial charge in [0.25, 0.3) is 0 Å². The fourth-order valence-corrected chi connectivity index (χ4v) is 4.91. The Labute approximate surface area is 191 Å². The number of hydrogen-bond donors (Lipinski definition) is 1. The molecule has 164 valence electrons. The van der Waals surface area contributed by atoms with E-state index in [0.717, 1.165) is 51.8 Å². The molecule has 1 unspecified atom stereocenters. The first-order valence-electron chi connectivity index (χ1n) is 11.4. The second-order valence-corrected chi connectivity index (χ2v) is 8.43. The van der Waals surface area contributed by atoms with Gasteiger partial charge in [-0.3, -0.25) is 4.79 Å². The molecule has 33 heavy (non-hydrogen) atoms. The summed E-state index contributed by atoms with van der Waals surface area (Å²) in [5.41, 5.74) is 3.74. The first kappa shape index (κ1) is 19.7. The zero-order chi connectivity index (χ0) is 22.4. The van der Waals surface area contributed by atoms with Crippen molar-refractivity contribution in [1.29, 1.82) is 0 Å². The van der Waals surface area contributed by atoms with Gasteiger partial charge in [-0.2, -0.15) is 4.98 Å². The molecule has 1 aliphatic carbocycles. The maximum absolute atomic E-state index is 13.1. The Morgan fingerprint density at radius 3 is 2.70 bits per heavy atom. The van der Waals surface area contributed by atoms with E-state index in [1.165, 1.54) is 0 Å². The summed E-state index contributed by atoms with van der Waals surface area (Å²) < 4.78 is 7.49. The summed E-state index contributed by atoms with van der Waals surface area (Å²) in [6, 6.07) is 22.1. The fraction of sp³-hybridized carbons (Fsp3) is 0.222. The molecule has 2 heterocycles. The Kier molecular flexibility index (Phi) is 4.72. The van der Waals surface area contributed by atoms with Gasteiger partial charge in [-0.05, 0) is 48.2 Å². The molecule has 1 atom stereocenters. The van der Waals surface area contributed by atoms with Gasteiger partial charge in [0, 0.05) is 23.3 Å². The van der Waals surface area contributed by atoms with Gasteiger partial charge in [-0.15, -0.1) is 5.10 Å². The lowest BCUT2D eigenvalue weighted by molar-refractivity contribution is -0.116. The van der Waals surface area contributed by atoms with Crippen molar-refractivity contribution < 1.29 is 9.53 Å². The number of carbonyl (C=O) groups is 1. The van der Waals surface area contributed by atoms with Crippen molar-refractivity contribution in [3.05, 3.63) is 83.6 Å². The number of rotatable bonds is 4. The van der Waals surface area contributed by atoms with E-state index in [9.17, 15) is 4.79 Å². The fourth-order valence-electron chi connectivity index (χ4n) is 4.91. The highest BCUT2D eigenvalue weighted by molar-refractivity contribution is 5.99. The topological polar surface area (TPSA) is 69.0 Å². The number of aromatic nitrogens is 3. The first-order chi connectivity index (χ1) is 16.2. The van der Waals surface area contributed by atoms with Gasteiger partial charge in [-0.25, -0.2) is 4.68 Å². The number of ether oxygens (including phenoxy) is 1. The van der Waals surface area contributed by atoms with E-state index in [0.29, 0.717) is 24.8 Å². The molecule has 1 aromatic heterocycles. The number of fused-ring (bicyclic) bond motifs is 2. The second-order valence-electron chi connectivity index (χ2n) is 8.43. The molecule has 0 spiro atoms. The van der Waals surface area contributed by atoms with E-state index in [2.05, 4.69) is 23.5 Å². The molecule has 4 aromatic rings. The predicted octanol–water partition coefficient (Wildman–Crippen LogP) is 5.52. The van der Waals surface area contributed by atoms with E-state index in [1.807, 2.05) is 60.1 Å². The van der Waals surface area contributed by atoms with Gasteiger partial charge in [0.2, 0.25) is 5.95 Å². The molecule has 1 N–H and O–H groups in total. The third-order valence-electron chi connectivity index (χ3n) is 6.41. The Morgan fingerprint density at radius 1 is 1.03 bits per heavy atom. The van der Waals surface area contributed by atoms with Gasteiger partial charge in [0.15, 0.2) is 11.6 Å². The number of Topliss-reactive ketones (excluding diaryl/α,β-unsaturated/α-hetero) is 1. The van der Waals surface area contributed by atoms with E-state index >= 15 is 0 Å². The van der Waals surface area contributed by atoms with Crippen molar-refractivity contribution in [2.45, 2.75) is 32.2 Å². The molecule has 0 amide bonds. The van der Waals surface area contributed by atoms with Crippen LogP contribution in [0.5, 0.6) is 5.75 Å². The van der Waals surface area contributed by atoms with Gasteiger partial charge in [0.1, 0.15) is 11.8 Å². The monoisotopic (exact) mass is 436 g/mol. The number of carbonyl (C=O) groups excluding carboxylic acids is 1. The first-order valence-corrected chi connectivity index (χ1v) is 11.4. The summed E-state index contributed by atoms with van der Waals surface area (Å²) in [5.74, 6) is 2.31. The van der Waals surface area contributed by atoms with Crippen molar-refractivity contribution in [2.24, 2.45) is 0 Å². The molecule has 0 radical (unpaired) electrons. The average Bonchev–Trinajstić information content (AvgIpc) is 3.27. The molecular weight excluding hydrogens is 412 g/mol. The lowest BCUT2D eigenvalue weighted by atomic mass is 9.85. The molecule has 3 aromatic carbocycles. The summed E-state index contributed by atoms with van der Waals surface area (Å²) in [6.07, 6.45) is 2.25. The van der Waals surface area contributed by atoms with Crippen LogP contribution in [0.1, 0.15) is 37.8 Å². The smallest absolute Gasteiger partial charge is 0.226 e. The molecule has 0 saturated heterocycles. The SMILES string of the molecule is CCOc1ccc(C2C3=C(CCCC3=O)Nc3nc(-c4cccc5ccccc45)nn32)cc1. The summed E-state index contributed by atoms with van der Waals surface area (Å²) in [7, 11) is 0. The largest absolute Gasteiger partial charge is 0.494 e. The van der Waals surface area contributed by atoms with Gasteiger partial charge in [0.05, 0.1) is 6.61 Å². The van der Waals surface area contributed by atoms with E-state index in [4.69, 9.17) is 14.8 Å². The molecule has 1 aliphatic heterocycles. The summed E-state index contributed by atoms with van der Waals surface area (Å²) in [4.78, 5) is 17.9. The number of allylic oxidation sites excluding steroid dienone is 2. The van der Waals surface area contributed by atoms with Crippen LogP contribution < -0.4 is 10.1 Å². The second kappa shape index (κ2) is 7.89. The summed E-state index contributed by atoms with van der Waals surface area (Å²) in [5, 5.41) is 10.6. The van der Waals surface area contributed by atoms with Crippen molar-refractivity contribution in [3.63, 3.8) is 0 Å². The van der Waals surface area contributed by atoms with Crippen LogP contribution in [-0.2, 0) is 4.79 Å². The number of ketones is 1. The Bertz CT molecular complexity index is 1400. The third kappa shape index (κ3) is 3.30. The number of nitrogens with one attached hydrogen (secondary N) is 1. The number of nitrogens with zero attached hydrogens (tertiary/aromatic N) is 3. The Hall–Kier alpha value is -3.93. The molecular formula is C27H24N4O2. The van der Waals surface area contributed by atoms with Crippen LogP contribution in [0.25, 0.3) is 22.2 Å². The van der Waals surface area contributed by atoms with E-state index < -0.39 is 0 Å². The Balaban J connectivity index is 1.51. The molecule has 6 rings (SSSR count). The van der Waals surface area contributed by atoms with Gasteiger partial charge < -0.3 is 10.1 Å². The van der Waals surface area contributed by atoms with Crippen LogP contribution in [0.2, 0.25) is 0 Å². The van der Waals surface area contributed by atoms with Crippen LogP contribution in [0, 0.1) is 0 Å². The van der Waals surface area contributed by atoms with Gasteiger partial charge in [-0.1, -0.05) is 54.6 Å². The van der Waals surface area contributed by atoms with Crippen LogP contribution >= 0.6 is 0 Å². The van der Waals surface area contributed by atoms with Crippen LogP contribution in [0.15, 0.2) is 78.0 Å². The van der Waals surface area contributed by atoms with Gasteiger partial charge >= 0.3 is 0 Å². The van der Waals surface area contributed by atoms with Crippen LogP contribution in [0.4, 0.5) is 5.95 Å². The number of benzene rings is 3. The summed E-state index contributed by atoms with van der Waals surface area (Å²) in [6.45, 7) is 2.58. The number of hydrogen-bond acceptors (Lipinski definition) is 5. The minimum absolute atomic E-state index is 0.176. The predicted molar refractivity (Wildman–Crippen MR) is 128 cm³/mol. The average molecular weight is 437 g/mol. The highest BCUT2D eigenvalue weighted by Crippen LogP contribution is 2.41. The molecule has 0 saturated carbocycles. The van der Waals surface area contributed by atoms with Crippen molar-refractivity contribution in [3.8, 4) is 17.1 Å². The molecule has 6 nitrogen and oxygen atoms in total. The van der Waals surface area contributed by atoms with Crippen LogP contribution in [0.3, 0.4) is 0 Å². The standard InChI is InChI=1S/C27H24N4O2/c1-2-33-19-15-13-18(14-16-19)25-24-22(11-6-12-23(24)32)28-27-29-26(30-31(25)27)21-10-5-8-17-7-3-4-9-20(17)21/h3-5,7-10,13-16,25H,2,6,11-12H2,1H3,(H,28,29,30). The summed E-state index contributed by atoms with van der Waals surface area (Å²) >= 11 is 0. The Morgan fingerprint density at radius 2 is 1.85 bits per heavy atom. The van der Waals surface area contributed by atoms with Crippen molar-refractivity contribution >= 4 is 22.5 Å². The van der Waals surface area contributed by atoms with Crippen molar-refractivity contribution in [1.82, 2.24) is 14.8 Å². The van der Waals surface area contributed by atoms with E-state index in [1.54, 1.807) is 0 Å². The van der Waals surface area contributed by atoms with E-state index in [-0.39, 0.29) is 11.8 Å². The lowest BCUT2D eigenvalue weighted by Crippen LogP contribution is -2.31. The maximum Gasteiger partial charge on any atom is 0.226 e. The zero-order valence-electron chi connectivity index (χ0n) is 18.4. The third-order valence-corrected chi connectivity index (χ3v) is 6.41. The molecule has 0 bridgehead atoms. The molecule has 0 fully saturated rings. The maximum atomic E-state index is 13.1.